The zero-order valence-electron chi connectivity index (χ0n) is 19.0. The molecule has 176 valence electrons. The molecule has 2 atom stereocenters. The number of aromatic hydroxyl groups is 1. The number of hydrogen-bond acceptors (Lipinski definition) is 6. The van der Waals surface area contributed by atoms with Crippen molar-refractivity contribution >= 4 is 12.0 Å². The lowest BCUT2D eigenvalue weighted by Gasteiger charge is -2.36. The molecule has 33 heavy (non-hydrogen) atoms. The second kappa shape index (κ2) is 9.60. The van der Waals surface area contributed by atoms with Crippen LogP contribution in [-0.4, -0.2) is 55.4 Å². The van der Waals surface area contributed by atoms with Crippen LogP contribution in [0.25, 0.3) is 0 Å². The first-order chi connectivity index (χ1) is 15.9. The van der Waals surface area contributed by atoms with Gasteiger partial charge in [-0.3, -0.25) is 4.79 Å². The number of nitrogens with two attached hydrogens (primary N) is 1. The molecule has 2 aliphatic rings. The number of hydrogen-bond donors (Lipinski definition) is 2. The Kier molecular flexibility index (Phi) is 6.62. The number of phenolic OH excluding ortho intramolecular Hbond substituents is 1. The molecule has 0 aromatic heterocycles. The van der Waals surface area contributed by atoms with Gasteiger partial charge in [0.2, 0.25) is 5.91 Å². The Morgan fingerprint density at radius 2 is 1.70 bits per heavy atom. The zero-order valence-corrected chi connectivity index (χ0v) is 19.0. The number of carbonyl (C=O) groups excluding carboxylic acids is 2. The topological polar surface area (TPSA) is 111 Å². The van der Waals surface area contributed by atoms with Crippen LogP contribution in [0.1, 0.15) is 41.0 Å². The highest BCUT2D eigenvalue weighted by molar-refractivity contribution is 5.76. The maximum Gasteiger partial charge on any atom is 0.404 e. The van der Waals surface area contributed by atoms with Gasteiger partial charge in [0, 0.05) is 25.4 Å². The maximum absolute atomic E-state index is 13.0. The van der Waals surface area contributed by atoms with Crippen LogP contribution in [0.4, 0.5) is 4.79 Å². The van der Waals surface area contributed by atoms with Crippen LogP contribution in [0.5, 0.6) is 17.2 Å². The number of nitrogens with zero attached hydrogens (tertiary/aromatic N) is 1. The van der Waals surface area contributed by atoms with Gasteiger partial charge >= 0.3 is 6.09 Å². The van der Waals surface area contributed by atoms with Crippen molar-refractivity contribution in [1.82, 2.24) is 4.90 Å². The van der Waals surface area contributed by atoms with Gasteiger partial charge in [0.25, 0.3) is 0 Å². The minimum absolute atomic E-state index is 0.0192. The van der Waals surface area contributed by atoms with Crippen LogP contribution >= 0.6 is 0 Å². The highest BCUT2D eigenvalue weighted by atomic mass is 16.6. The van der Waals surface area contributed by atoms with Gasteiger partial charge in [-0.2, -0.15) is 0 Å². The van der Waals surface area contributed by atoms with Gasteiger partial charge in [-0.15, -0.1) is 0 Å². The molecule has 2 unspecified atom stereocenters. The van der Waals surface area contributed by atoms with E-state index >= 15 is 0 Å². The van der Waals surface area contributed by atoms with Crippen LogP contribution in [0.2, 0.25) is 0 Å². The van der Waals surface area contributed by atoms with Crippen molar-refractivity contribution in [3.63, 3.8) is 0 Å². The van der Waals surface area contributed by atoms with E-state index in [0.717, 1.165) is 35.1 Å². The lowest BCUT2D eigenvalue weighted by Crippen LogP contribution is -2.37. The van der Waals surface area contributed by atoms with Gasteiger partial charge in [-0.1, -0.05) is 6.07 Å². The summed E-state index contributed by atoms with van der Waals surface area (Å²) < 4.78 is 16.2. The summed E-state index contributed by atoms with van der Waals surface area (Å²) in [4.78, 5) is 26.4. The first kappa shape index (κ1) is 22.8. The molecule has 3 N–H and O–H groups in total. The molecule has 0 saturated heterocycles. The molecule has 2 amide bonds. The van der Waals surface area contributed by atoms with Gasteiger partial charge < -0.3 is 30.0 Å². The number of phenols is 1. The molecule has 1 aliphatic heterocycles. The van der Waals surface area contributed by atoms with Crippen LogP contribution < -0.4 is 15.2 Å². The molecule has 2 aromatic rings. The average molecular weight is 455 g/mol. The summed E-state index contributed by atoms with van der Waals surface area (Å²) in [5.41, 5.74) is 9.68. The van der Waals surface area contributed by atoms with E-state index < -0.39 is 12.2 Å². The minimum atomic E-state index is -0.840. The van der Waals surface area contributed by atoms with Gasteiger partial charge in [-0.05, 0) is 72.2 Å². The molecule has 8 nitrogen and oxygen atoms in total. The van der Waals surface area contributed by atoms with Gasteiger partial charge in [0.1, 0.15) is 11.9 Å². The molecule has 0 spiro atoms. The summed E-state index contributed by atoms with van der Waals surface area (Å²) in [6.07, 6.45) is 1.51. The first-order valence-electron chi connectivity index (χ1n) is 11.2. The summed E-state index contributed by atoms with van der Waals surface area (Å²) in [5.74, 6) is 1.61. The normalized spacial score (nSPS) is 17.6. The molecular formula is C25H30N2O6. The third-order valence-corrected chi connectivity index (χ3v) is 6.69. The second-order valence-corrected chi connectivity index (χ2v) is 8.56. The summed E-state index contributed by atoms with van der Waals surface area (Å²) in [7, 11) is 3.23. The van der Waals surface area contributed by atoms with E-state index in [2.05, 4.69) is 0 Å². The van der Waals surface area contributed by atoms with Crippen LogP contribution in [0, 0.1) is 0 Å². The molecule has 4 rings (SSSR count). The van der Waals surface area contributed by atoms with Crippen molar-refractivity contribution in [3.05, 3.63) is 52.6 Å². The Morgan fingerprint density at radius 3 is 2.24 bits per heavy atom. The number of carbonyl (C=O) groups is 2. The summed E-state index contributed by atoms with van der Waals surface area (Å²) in [6, 6.07) is 9.16. The van der Waals surface area contributed by atoms with E-state index in [4.69, 9.17) is 19.9 Å². The number of ether oxygens (including phenoxy) is 3. The number of benzene rings is 2. The summed E-state index contributed by atoms with van der Waals surface area (Å²) >= 11 is 0. The Bertz CT molecular complexity index is 1020. The van der Waals surface area contributed by atoms with Crippen molar-refractivity contribution in [2.24, 2.45) is 5.73 Å². The zero-order chi connectivity index (χ0) is 23.5. The largest absolute Gasteiger partial charge is 0.508 e. The fourth-order valence-corrected chi connectivity index (χ4v) is 4.89. The van der Waals surface area contributed by atoms with Crippen LogP contribution in [-0.2, 0) is 28.8 Å². The average Bonchev–Trinajstić information content (AvgIpc) is 2.99. The Morgan fingerprint density at radius 1 is 1.06 bits per heavy atom. The number of rotatable bonds is 7. The molecule has 2 aromatic carbocycles. The molecule has 0 fully saturated rings. The van der Waals surface area contributed by atoms with Gasteiger partial charge in [-0.25, -0.2) is 4.79 Å². The monoisotopic (exact) mass is 454 g/mol. The third kappa shape index (κ3) is 4.84. The smallest absolute Gasteiger partial charge is 0.404 e. The molecule has 1 aliphatic carbocycles. The number of methoxy groups -OCH3 is 2. The van der Waals surface area contributed by atoms with Crippen molar-refractivity contribution in [2.75, 3.05) is 27.3 Å². The van der Waals surface area contributed by atoms with E-state index in [1.165, 1.54) is 0 Å². The summed E-state index contributed by atoms with van der Waals surface area (Å²) in [6.45, 7) is 1.24. The highest BCUT2D eigenvalue weighted by Gasteiger charge is 2.36. The predicted molar refractivity (Wildman–Crippen MR) is 122 cm³/mol. The van der Waals surface area contributed by atoms with Gasteiger partial charge in [0.15, 0.2) is 11.5 Å². The first-order valence-corrected chi connectivity index (χ1v) is 11.2. The summed E-state index contributed by atoms with van der Waals surface area (Å²) in [5, 5.41) is 9.64. The SMILES string of the molecule is COc1cc2c(cc1OC)CCN(C(=O)CCC(OC(N)=O)C1Cc3cc(O)ccc31)CC2. The van der Waals surface area contributed by atoms with E-state index in [-0.39, 0.29) is 24.0 Å². The molecule has 0 radical (unpaired) electrons. The lowest BCUT2D eigenvalue weighted by atomic mass is 9.73. The Hall–Kier alpha value is -3.42. The van der Waals surface area contributed by atoms with Gasteiger partial charge in [0.05, 0.1) is 14.2 Å². The fourth-order valence-electron chi connectivity index (χ4n) is 4.89. The number of fused-ring (bicyclic) bond motifs is 2. The Labute approximate surface area is 193 Å². The van der Waals surface area contributed by atoms with E-state index in [9.17, 15) is 14.7 Å². The van der Waals surface area contributed by atoms with Crippen molar-refractivity contribution < 1.29 is 28.9 Å². The second-order valence-electron chi connectivity index (χ2n) is 8.56. The Balaban J connectivity index is 1.39. The van der Waals surface area contributed by atoms with Crippen molar-refractivity contribution in [2.45, 2.75) is 44.1 Å². The number of amides is 2. The predicted octanol–water partition coefficient (Wildman–Crippen LogP) is 2.92. The third-order valence-electron chi connectivity index (χ3n) is 6.69. The number of primary amides is 1. The lowest BCUT2D eigenvalue weighted by molar-refractivity contribution is -0.131. The highest BCUT2D eigenvalue weighted by Crippen LogP contribution is 2.41. The standard InChI is InChI=1S/C25H30N2O6/c1-31-22-13-15-7-9-27(10-8-16(15)14-23(22)32-2)24(29)6-5-21(33-25(26)30)20-12-17-11-18(28)3-4-19(17)20/h3-4,11,13-14,20-21,28H,5-10,12H2,1-2H3,(H2,26,30). The molecule has 1 heterocycles. The quantitative estimate of drug-likeness (QED) is 0.665. The van der Waals surface area contributed by atoms with Crippen LogP contribution in [0.15, 0.2) is 30.3 Å². The van der Waals surface area contributed by atoms with E-state index in [1.54, 1.807) is 26.4 Å². The van der Waals surface area contributed by atoms with E-state index in [0.29, 0.717) is 37.4 Å². The van der Waals surface area contributed by atoms with Crippen LogP contribution in [0.3, 0.4) is 0 Å². The molecule has 0 saturated carbocycles. The van der Waals surface area contributed by atoms with E-state index in [1.807, 2.05) is 23.1 Å². The van der Waals surface area contributed by atoms with Crippen molar-refractivity contribution in [1.29, 1.82) is 0 Å². The van der Waals surface area contributed by atoms with Crippen molar-refractivity contribution in [3.8, 4) is 17.2 Å². The molecule has 8 heteroatoms. The maximum atomic E-state index is 13.0. The molecular weight excluding hydrogens is 424 g/mol. The minimum Gasteiger partial charge on any atom is -0.508 e. The molecule has 0 bridgehead atoms. The fraction of sp³-hybridized carbons (Fsp3) is 0.440.